The highest BCUT2D eigenvalue weighted by Gasteiger charge is 2.15. The van der Waals surface area contributed by atoms with Gasteiger partial charge in [0.15, 0.2) is 5.15 Å². The van der Waals surface area contributed by atoms with Crippen LogP contribution < -0.4 is 10.5 Å². The van der Waals surface area contributed by atoms with Crippen molar-refractivity contribution < 1.29 is 0 Å². The van der Waals surface area contributed by atoms with Gasteiger partial charge >= 0.3 is 0 Å². The van der Waals surface area contributed by atoms with Crippen LogP contribution in [0.2, 0.25) is 15.2 Å². The SMILES string of the molecule is O=c1[nH]nc(Cl)c2cc(N(Cc3ccc(Cl)cc3Cl)c3ccccc3)ccc12. The molecule has 0 aliphatic carbocycles. The third kappa shape index (κ3) is 3.72. The fourth-order valence-corrected chi connectivity index (χ4v) is 3.72. The van der Waals surface area contributed by atoms with Crippen molar-refractivity contribution in [3.05, 3.63) is 97.8 Å². The molecule has 4 rings (SSSR count). The van der Waals surface area contributed by atoms with E-state index in [9.17, 15) is 4.79 Å². The minimum atomic E-state index is -0.280. The highest BCUT2D eigenvalue weighted by Crippen LogP contribution is 2.33. The molecule has 0 saturated heterocycles. The van der Waals surface area contributed by atoms with Gasteiger partial charge < -0.3 is 4.90 Å². The van der Waals surface area contributed by atoms with Crippen molar-refractivity contribution in [2.24, 2.45) is 0 Å². The van der Waals surface area contributed by atoms with Crippen molar-refractivity contribution in [2.75, 3.05) is 4.90 Å². The molecule has 0 bridgehead atoms. The van der Waals surface area contributed by atoms with E-state index in [0.717, 1.165) is 16.9 Å². The number of aromatic amines is 1. The Labute approximate surface area is 176 Å². The van der Waals surface area contributed by atoms with Gasteiger partial charge in [0.25, 0.3) is 5.56 Å². The second-order valence-electron chi connectivity index (χ2n) is 6.23. The molecular formula is C21H14Cl3N3O. The van der Waals surface area contributed by atoms with Crippen molar-refractivity contribution in [1.82, 2.24) is 10.2 Å². The van der Waals surface area contributed by atoms with Gasteiger partial charge in [0, 0.05) is 33.4 Å². The van der Waals surface area contributed by atoms with Crippen LogP contribution >= 0.6 is 34.8 Å². The third-order valence-electron chi connectivity index (χ3n) is 4.45. The van der Waals surface area contributed by atoms with Gasteiger partial charge in [-0.05, 0) is 48.0 Å². The number of fused-ring (bicyclic) bond motifs is 1. The number of rotatable bonds is 4. The molecule has 0 fully saturated rings. The quantitative estimate of drug-likeness (QED) is 0.418. The molecule has 0 spiro atoms. The maximum Gasteiger partial charge on any atom is 0.272 e. The number of para-hydroxylation sites is 1. The number of hydrogen-bond donors (Lipinski definition) is 1. The zero-order valence-corrected chi connectivity index (χ0v) is 16.8. The number of benzene rings is 3. The lowest BCUT2D eigenvalue weighted by Crippen LogP contribution is -2.17. The number of aromatic nitrogens is 2. The normalized spacial score (nSPS) is 11.0. The predicted octanol–water partition coefficient (Wildman–Crippen LogP) is 6.22. The Hall–Kier alpha value is -2.53. The molecule has 0 atom stereocenters. The molecule has 0 amide bonds. The summed E-state index contributed by atoms with van der Waals surface area (Å²) in [7, 11) is 0. The Morgan fingerprint density at radius 2 is 1.64 bits per heavy atom. The third-order valence-corrected chi connectivity index (χ3v) is 5.32. The monoisotopic (exact) mass is 429 g/mol. The molecule has 3 aromatic carbocycles. The summed E-state index contributed by atoms with van der Waals surface area (Å²) in [4.78, 5) is 14.1. The van der Waals surface area contributed by atoms with Crippen LogP contribution in [-0.2, 0) is 6.54 Å². The summed E-state index contributed by atoms with van der Waals surface area (Å²) in [5.41, 5.74) is 2.48. The number of halogens is 3. The van der Waals surface area contributed by atoms with E-state index in [2.05, 4.69) is 15.1 Å². The van der Waals surface area contributed by atoms with Gasteiger partial charge in [0.1, 0.15) is 0 Å². The summed E-state index contributed by atoms with van der Waals surface area (Å²) >= 11 is 18.7. The lowest BCUT2D eigenvalue weighted by atomic mass is 10.1. The van der Waals surface area contributed by atoms with Crippen LogP contribution in [0.15, 0.2) is 71.5 Å². The Morgan fingerprint density at radius 3 is 2.39 bits per heavy atom. The Morgan fingerprint density at radius 1 is 0.857 bits per heavy atom. The number of nitrogens with zero attached hydrogens (tertiary/aromatic N) is 2. The van der Waals surface area contributed by atoms with Crippen LogP contribution in [0.5, 0.6) is 0 Å². The fraction of sp³-hybridized carbons (Fsp3) is 0.0476. The summed E-state index contributed by atoms with van der Waals surface area (Å²) in [6, 6.07) is 20.8. The molecule has 1 aromatic heterocycles. The Kier molecular flexibility index (Phi) is 5.27. The van der Waals surface area contributed by atoms with Crippen LogP contribution in [0.3, 0.4) is 0 Å². The van der Waals surface area contributed by atoms with Crippen molar-refractivity contribution in [3.8, 4) is 0 Å². The van der Waals surface area contributed by atoms with E-state index in [1.165, 1.54) is 0 Å². The minimum absolute atomic E-state index is 0.244. The van der Waals surface area contributed by atoms with E-state index in [0.29, 0.717) is 27.4 Å². The molecule has 1 N–H and O–H groups in total. The van der Waals surface area contributed by atoms with Crippen molar-refractivity contribution in [2.45, 2.75) is 6.54 Å². The van der Waals surface area contributed by atoms with Crippen LogP contribution in [0.1, 0.15) is 5.56 Å². The van der Waals surface area contributed by atoms with Gasteiger partial charge in [0.2, 0.25) is 0 Å². The summed E-state index contributed by atoms with van der Waals surface area (Å²) < 4.78 is 0. The first-order valence-electron chi connectivity index (χ1n) is 8.47. The smallest absolute Gasteiger partial charge is 0.272 e. The Balaban J connectivity index is 1.85. The first-order chi connectivity index (χ1) is 13.5. The summed E-state index contributed by atoms with van der Waals surface area (Å²) in [6.07, 6.45) is 0. The molecule has 4 aromatic rings. The molecule has 1 heterocycles. The molecular weight excluding hydrogens is 417 g/mol. The van der Waals surface area contributed by atoms with Crippen molar-refractivity contribution in [3.63, 3.8) is 0 Å². The first kappa shape index (κ1) is 18.8. The molecule has 0 radical (unpaired) electrons. The number of H-pyrrole nitrogens is 1. The van der Waals surface area contributed by atoms with E-state index in [1.807, 2.05) is 54.6 Å². The summed E-state index contributed by atoms with van der Waals surface area (Å²) in [5.74, 6) is 0. The van der Waals surface area contributed by atoms with Crippen molar-refractivity contribution >= 4 is 57.0 Å². The van der Waals surface area contributed by atoms with Crippen molar-refractivity contribution in [1.29, 1.82) is 0 Å². The van der Waals surface area contributed by atoms with Gasteiger partial charge in [0.05, 0.1) is 5.39 Å². The first-order valence-corrected chi connectivity index (χ1v) is 9.61. The fourth-order valence-electron chi connectivity index (χ4n) is 3.05. The molecule has 0 aliphatic heterocycles. The van der Waals surface area contributed by atoms with Crippen LogP contribution in [0, 0.1) is 0 Å². The van der Waals surface area contributed by atoms with E-state index < -0.39 is 0 Å². The standard InChI is InChI=1S/C21H14Cl3N3O/c22-14-7-6-13(19(23)10-14)12-27(15-4-2-1-3-5-15)16-8-9-17-18(11-16)20(24)25-26-21(17)28/h1-11H,12H2,(H,26,28). The molecule has 4 nitrogen and oxygen atoms in total. The highest BCUT2D eigenvalue weighted by atomic mass is 35.5. The van der Waals surface area contributed by atoms with Gasteiger partial charge in [-0.25, -0.2) is 5.10 Å². The van der Waals surface area contributed by atoms with Crippen LogP contribution in [0.25, 0.3) is 10.8 Å². The van der Waals surface area contributed by atoms with Crippen LogP contribution in [0.4, 0.5) is 11.4 Å². The van der Waals surface area contributed by atoms with E-state index in [4.69, 9.17) is 34.8 Å². The molecule has 7 heteroatoms. The second-order valence-corrected chi connectivity index (χ2v) is 7.43. The second kappa shape index (κ2) is 7.84. The lowest BCUT2D eigenvalue weighted by molar-refractivity contribution is 0.975. The zero-order valence-electron chi connectivity index (χ0n) is 14.5. The lowest BCUT2D eigenvalue weighted by Gasteiger charge is -2.26. The average molecular weight is 431 g/mol. The van der Waals surface area contributed by atoms with Gasteiger partial charge in [-0.15, -0.1) is 0 Å². The predicted molar refractivity (Wildman–Crippen MR) is 116 cm³/mol. The summed E-state index contributed by atoms with van der Waals surface area (Å²) in [6.45, 7) is 0.514. The maximum atomic E-state index is 12.0. The largest absolute Gasteiger partial charge is 0.337 e. The van der Waals surface area contributed by atoms with Gasteiger partial charge in [-0.1, -0.05) is 59.1 Å². The molecule has 28 heavy (non-hydrogen) atoms. The Bertz CT molecular complexity index is 1210. The van der Waals surface area contributed by atoms with E-state index in [-0.39, 0.29) is 10.7 Å². The molecule has 140 valence electrons. The zero-order chi connectivity index (χ0) is 19.7. The van der Waals surface area contributed by atoms with Gasteiger partial charge in [-0.3, -0.25) is 4.79 Å². The van der Waals surface area contributed by atoms with E-state index in [1.54, 1.807) is 12.1 Å². The topological polar surface area (TPSA) is 49.0 Å². The molecule has 0 aliphatic rings. The number of anilines is 2. The molecule has 0 saturated carbocycles. The number of hydrogen-bond acceptors (Lipinski definition) is 3. The van der Waals surface area contributed by atoms with E-state index >= 15 is 0 Å². The highest BCUT2D eigenvalue weighted by molar-refractivity contribution is 6.35. The average Bonchev–Trinajstić information content (AvgIpc) is 2.71. The van der Waals surface area contributed by atoms with Gasteiger partial charge in [-0.2, -0.15) is 5.10 Å². The maximum absolute atomic E-state index is 12.0. The summed E-state index contributed by atoms with van der Waals surface area (Å²) in [5, 5.41) is 8.75. The number of nitrogens with one attached hydrogen (secondary N) is 1. The van der Waals surface area contributed by atoms with Crippen LogP contribution in [-0.4, -0.2) is 10.2 Å². The molecule has 0 unspecified atom stereocenters. The minimum Gasteiger partial charge on any atom is -0.337 e.